The van der Waals surface area contributed by atoms with E-state index in [-0.39, 0.29) is 35.5 Å². The van der Waals surface area contributed by atoms with Crippen LogP contribution in [0.25, 0.3) is 0 Å². The lowest BCUT2D eigenvalue weighted by molar-refractivity contribution is -0.143. The number of aryl methyl sites for hydroxylation is 1. The van der Waals surface area contributed by atoms with Gasteiger partial charge in [-0.1, -0.05) is 17.7 Å². The van der Waals surface area contributed by atoms with Crippen molar-refractivity contribution in [2.45, 2.75) is 37.5 Å². The van der Waals surface area contributed by atoms with E-state index >= 15 is 0 Å². The Morgan fingerprint density at radius 3 is 1.93 bits per heavy atom. The van der Waals surface area contributed by atoms with E-state index in [9.17, 15) is 22.8 Å². The highest BCUT2D eigenvalue weighted by Gasteiger charge is 2.25. The first-order valence-electron chi connectivity index (χ1n) is 9.07. The molecule has 0 atom stereocenters. The Kier molecular flexibility index (Phi) is 10.2. The van der Waals surface area contributed by atoms with Gasteiger partial charge in [0.05, 0.1) is 44.8 Å². The molecular formula is C20H26O9S. The zero-order valence-electron chi connectivity index (χ0n) is 17.4. The van der Waals surface area contributed by atoms with Crippen molar-refractivity contribution in [3.05, 3.63) is 41.0 Å². The lowest BCUT2D eigenvalue weighted by atomic mass is 9.99. The number of rotatable bonds is 11. The molecular weight excluding hydrogens is 416 g/mol. The Balaban J connectivity index is 2.80. The number of benzene rings is 1. The van der Waals surface area contributed by atoms with Crippen LogP contribution in [0.3, 0.4) is 0 Å². The number of esters is 3. The van der Waals surface area contributed by atoms with E-state index in [1.54, 1.807) is 12.1 Å². The summed E-state index contributed by atoms with van der Waals surface area (Å²) < 4.78 is 43.2. The molecule has 0 N–H and O–H groups in total. The van der Waals surface area contributed by atoms with Gasteiger partial charge in [-0.05, 0) is 38.3 Å². The summed E-state index contributed by atoms with van der Waals surface area (Å²) in [6, 6.07) is 6.25. The van der Waals surface area contributed by atoms with Crippen molar-refractivity contribution in [3.8, 4) is 0 Å². The molecule has 1 aromatic rings. The van der Waals surface area contributed by atoms with Crippen LogP contribution in [0.2, 0.25) is 0 Å². The van der Waals surface area contributed by atoms with Crippen LogP contribution in [0, 0.1) is 6.92 Å². The van der Waals surface area contributed by atoms with Gasteiger partial charge in [-0.25, -0.2) is 9.59 Å². The largest absolute Gasteiger partial charge is 0.469 e. The molecule has 1 rings (SSSR count). The summed E-state index contributed by atoms with van der Waals surface area (Å²) >= 11 is 0. The quantitative estimate of drug-likeness (QED) is 0.167. The highest BCUT2D eigenvalue weighted by molar-refractivity contribution is 7.86. The fourth-order valence-corrected chi connectivity index (χ4v) is 3.43. The van der Waals surface area contributed by atoms with Crippen LogP contribution in [0.15, 0.2) is 40.3 Å². The van der Waals surface area contributed by atoms with Crippen molar-refractivity contribution in [2.75, 3.05) is 27.9 Å². The smallest absolute Gasteiger partial charge is 0.334 e. The Morgan fingerprint density at radius 2 is 1.40 bits per heavy atom. The lowest BCUT2D eigenvalue weighted by Crippen LogP contribution is -2.18. The molecule has 0 unspecified atom stereocenters. The minimum absolute atomic E-state index is 0.0314. The van der Waals surface area contributed by atoms with Crippen LogP contribution in [-0.4, -0.2) is 54.3 Å². The molecule has 0 heterocycles. The predicted octanol–water partition coefficient (Wildman–Crippen LogP) is 2.08. The lowest BCUT2D eigenvalue weighted by Gasteiger charge is -2.12. The van der Waals surface area contributed by atoms with Crippen LogP contribution >= 0.6 is 0 Å². The van der Waals surface area contributed by atoms with Gasteiger partial charge < -0.3 is 14.2 Å². The third-order valence-electron chi connectivity index (χ3n) is 4.15. The molecule has 0 radical (unpaired) electrons. The molecule has 0 amide bonds. The second-order valence-corrected chi connectivity index (χ2v) is 7.85. The van der Waals surface area contributed by atoms with E-state index < -0.39 is 34.4 Å². The molecule has 0 fully saturated rings. The first-order valence-corrected chi connectivity index (χ1v) is 10.5. The first-order chi connectivity index (χ1) is 14.2. The van der Waals surface area contributed by atoms with Crippen LogP contribution < -0.4 is 0 Å². The molecule has 0 saturated heterocycles. The predicted molar refractivity (Wildman–Crippen MR) is 106 cm³/mol. The summed E-state index contributed by atoms with van der Waals surface area (Å²) in [6.45, 7) is 1.72. The van der Waals surface area contributed by atoms with E-state index in [1.807, 2.05) is 6.92 Å². The average Bonchev–Trinajstić information content (AvgIpc) is 2.73. The maximum atomic E-state index is 12.2. The molecule has 10 heteroatoms. The molecule has 0 saturated carbocycles. The molecule has 9 nitrogen and oxygen atoms in total. The third-order valence-corrected chi connectivity index (χ3v) is 5.47. The zero-order chi connectivity index (χ0) is 22.7. The molecule has 166 valence electrons. The minimum Gasteiger partial charge on any atom is -0.469 e. The second kappa shape index (κ2) is 12.1. The standard InChI is InChI=1S/C20H26O9S/c1-14-8-10-15(11-9-14)30(24,25)29-12-6-5-7-16(19(22)27-3)17(20(23)28-4)13-18(21)26-2/h8-11H,5-7,12-13H2,1-4H3. The number of ether oxygens (including phenoxy) is 3. The maximum absolute atomic E-state index is 12.2. The molecule has 0 spiro atoms. The fraction of sp³-hybridized carbons (Fsp3) is 0.450. The Bertz CT molecular complexity index is 883. The van der Waals surface area contributed by atoms with Gasteiger partial charge in [-0.3, -0.25) is 8.98 Å². The van der Waals surface area contributed by atoms with E-state index in [4.69, 9.17) is 8.92 Å². The Labute approximate surface area is 176 Å². The summed E-state index contributed by atoms with van der Waals surface area (Å²) in [5.41, 5.74) is 0.727. The summed E-state index contributed by atoms with van der Waals surface area (Å²) in [6.07, 6.45) is 0.182. The number of hydrogen-bond donors (Lipinski definition) is 0. The number of carbonyl (C=O) groups is 3. The third kappa shape index (κ3) is 7.60. The molecule has 0 aliphatic heterocycles. The monoisotopic (exact) mass is 442 g/mol. The Hall–Kier alpha value is -2.72. The van der Waals surface area contributed by atoms with Crippen LogP contribution in [0.4, 0.5) is 0 Å². The van der Waals surface area contributed by atoms with Crippen molar-refractivity contribution in [2.24, 2.45) is 0 Å². The highest BCUT2D eigenvalue weighted by atomic mass is 32.2. The van der Waals surface area contributed by atoms with Crippen LogP contribution in [0.1, 0.15) is 31.2 Å². The van der Waals surface area contributed by atoms with Gasteiger partial charge in [0.25, 0.3) is 10.1 Å². The van der Waals surface area contributed by atoms with E-state index in [2.05, 4.69) is 9.47 Å². The summed E-state index contributed by atoms with van der Waals surface area (Å²) in [7, 11) is -0.468. The van der Waals surface area contributed by atoms with Crippen molar-refractivity contribution in [1.82, 2.24) is 0 Å². The fourth-order valence-electron chi connectivity index (χ4n) is 2.49. The van der Waals surface area contributed by atoms with Gasteiger partial charge in [0, 0.05) is 5.57 Å². The molecule has 0 aliphatic rings. The van der Waals surface area contributed by atoms with Crippen LogP contribution in [0.5, 0.6) is 0 Å². The molecule has 0 aromatic heterocycles. The van der Waals surface area contributed by atoms with Gasteiger partial charge in [0.15, 0.2) is 0 Å². The summed E-state index contributed by atoms with van der Waals surface area (Å²) in [5.74, 6) is -2.35. The van der Waals surface area contributed by atoms with Gasteiger partial charge in [0.2, 0.25) is 0 Å². The minimum atomic E-state index is -3.89. The summed E-state index contributed by atoms with van der Waals surface area (Å²) in [5, 5.41) is 0. The van der Waals surface area contributed by atoms with Gasteiger partial charge in [-0.2, -0.15) is 8.42 Å². The topological polar surface area (TPSA) is 122 Å². The zero-order valence-corrected chi connectivity index (χ0v) is 18.2. The molecule has 0 aliphatic carbocycles. The van der Waals surface area contributed by atoms with Crippen molar-refractivity contribution in [1.29, 1.82) is 0 Å². The molecule has 30 heavy (non-hydrogen) atoms. The van der Waals surface area contributed by atoms with E-state index in [1.165, 1.54) is 12.1 Å². The number of methoxy groups -OCH3 is 3. The summed E-state index contributed by atoms with van der Waals surface area (Å²) in [4.78, 5) is 35.8. The van der Waals surface area contributed by atoms with E-state index in [0.29, 0.717) is 6.42 Å². The van der Waals surface area contributed by atoms with Crippen molar-refractivity contribution in [3.63, 3.8) is 0 Å². The van der Waals surface area contributed by atoms with Crippen molar-refractivity contribution < 1.29 is 41.2 Å². The first kappa shape index (κ1) is 25.3. The molecule has 1 aromatic carbocycles. The number of carbonyl (C=O) groups excluding carboxylic acids is 3. The van der Waals surface area contributed by atoms with Gasteiger partial charge in [-0.15, -0.1) is 0 Å². The number of unbranched alkanes of at least 4 members (excludes halogenated alkanes) is 1. The van der Waals surface area contributed by atoms with E-state index in [0.717, 1.165) is 26.9 Å². The second-order valence-electron chi connectivity index (χ2n) is 6.24. The number of hydrogen-bond acceptors (Lipinski definition) is 9. The average molecular weight is 442 g/mol. The normalized spacial score (nSPS) is 12.0. The van der Waals surface area contributed by atoms with Crippen LogP contribution in [-0.2, 0) is 42.9 Å². The van der Waals surface area contributed by atoms with Gasteiger partial charge >= 0.3 is 17.9 Å². The Morgan fingerprint density at radius 1 is 0.833 bits per heavy atom. The van der Waals surface area contributed by atoms with Crippen molar-refractivity contribution >= 4 is 28.0 Å². The maximum Gasteiger partial charge on any atom is 0.334 e. The SMILES string of the molecule is COC(=O)CC(C(=O)OC)=C(CCCCOS(=O)(=O)c1ccc(C)cc1)C(=O)OC. The highest BCUT2D eigenvalue weighted by Crippen LogP contribution is 2.20. The molecule has 0 bridgehead atoms. The van der Waals surface area contributed by atoms with Gasteiger partial charge in [0.1, 0.15) is 0 Å².